The van der Waals surface area contributed by atoms with Gasteiger partial charge in [-0.05, 0) is 25.8 Å². The Morgan fingerprint density at radius 1 is 1.50 bits per heavy atom. The van der Waals surface area contributed by atoms with Gasteiger partial charge in [0.15, 0.2) is 6.61 Å². The van der Waals surface area contributed by atoms with E-state index in [0.717, 1.165) is 24.0 Å². The number of likely N-dealkylation sites (N-methyl/N-ethyl adjacent to an activating group) is 1. The highest BCUT2D eigenvalue weighted by atomic mass is 16.5. The van der Waals surface area contributed by atoms with Crippen molar-refractivity contribution in [3.63, 3.8) is 0 Å². The molecule has 98 valence electrons. The molecule has 4 heteroatoms. The van der Waals surface area contributed by atoms with Crippen LogP contribution in [0, 0.1) is 6.92 Å². The highest BCUT2D eigenvalue weighted by molar-refractivity contribution is 5.78. The molecule has 0 radical (unpaired) electrons. The zero-order valence-corrected chi connectivity index (χ0v) is 10.8. The number of aliphatic hydroxyl groups is 1. The number of benzene rings is 1. The molecule has 0 aromatic heterocycles. The first-order valence-electron chi connectivity index (χ1n) is 6.20. The third kappa shape index (κ3) is 3.01. The lowest BCUT2D eigenvalue weighted by Crippen LogP contribution is -2.33. The minimum absolute atomic E-state index is 0.0121. The van der Waals surface area contributed by atoms with E-state index in [9.17, 15) is 9.90 Å². The Labute approximate surface area is 107 Å². The number of ether oxygens (including phenoxy) is 1. The van der Waals surface area contributed by atoms with Crippen LogP contribution in [0.1, 0.15) is 24.0 Å². The summed E-state index contributed by atoms with van der Waals surface area (Å²) in [6, 6.07) is 5.97. The Kier molecular flexibility index (Phi) is 3.87. The molecule has 1 fully saturated rings. The van der Waals surface area contributed by atoms with Crippen molar-refractivity contribution in [3.05, 3.63) is 29.3 Å². The summed E-state index contributed by atoms with van der Waals surface area (Å²) in [7, 11) is 1.81. The maximum Gasteiger partial charge on any atom is 0.260 e. The summed E-state index contributed by atoms with van der Waals surface area (Å²) in [5.74, 6) is 0.572. The Bertz CT molecular complexity index is 441. The van der Waals surface area contributed by atoms with Crippen molar-refractivity contribution in [2.24, 2.45) is 0 Å². The number of hydrogen-bond donors (Lipinski definition) is 1. The summed E-state index contributed by atoms with van der Waals surface area (Å²) in [6.07, 6.45) is 2.18. The molecule has 1 aliphatic rings. The molecule has 0 spiro atoms. The van der Waals surface area contributed by atoms with E-state index in [0.29, 0.717) is 11.8 Å². The monoisotopic (exact) mass is 249 g/mol. The van der Waals surface area contributed by atoms with Gasteiger partial charge in [-0.2, -0.15) is 0 Å². The van der Waals surface area contributed by atoms with Gasteiger partial charge in [0.05, 0.1) is 6.61 Å². The molecule has 2 rings (SSSR count). The number of aliphatic hydroxyl groups excluding tert-OH is 1. The van der Waals surface area contributed by atoms with Crippen LogP contribution in [0.4, 0.5) is 0 Å². The van der Waals surface area contributed by atoms with Crippen molar-refractivity contribution in [2.45, 2.75) is 32.4 Å². The lowest BCUT2D eigenvalue weighted by molar-refractivity contribution is -0.132. The van der Waals surface area contributed by atoms with Crippen LogP contribution in [-0.4, -0.2) is 35.6 Å². The molecule has 18 heavy (non-hydrogen) atoms. The van der Waals surface area contributed by atoms with Gasteiger partial charge in [0, 0.05) is 18.7 Å². The van der Waals surface area contributed by atoms with E-state index >= 15 is 0 Å². The highest BCUT2D eigenvalue weighted by Crippen LogP contribution is 2.25. The molecule has 1 saturated carbocycles. The normalized spacial score (nSPS) is 14.4. The van der Waals surface area contributed by atoms with Crippen LogP contribution in [-0.2, 0) is 11.4 Å². The molecule has 1 aliphatic carbocycles. The van der Waals surface area contributed by atoms with Crippen LogP contribution in [0.15, 0.2) is 18.2 Å². The van der Waals surface area contributed by atoms with Crippen molar-refractivity contribution in [3.8, 4) is 5.75 Å². The quantitative estimate of drug-likeness (QED) is 0.860. The summed E-state index contributed by atoms with van der Waals surface area (Å²) in [4.78, 5) is 13.5. The first-order chi connectivity index (χ1) is 8.61. The minimum atomic E-state index is -0.0797. The molecule has 0 aliphatic heterocycles. The molecule has 0 saturated heterocycles. The van der Waals surface area contributed by atoms with Gasteiger partial charge in [-0.1, -0.05) is 17.7 Å². The van der Waals surface area contributed by atoms with Gasteiger partial charge in [0.2, 0.25) is 0 Å². The Morgan fingerprint density at radius 2 is 2.22 bits per heavy atom. The standard InChI is InChI=1S/C14H19NO3/c1-10-3-6-13(11(7-10)8-16)18-9-14(17)15(2)12-4-5-12/h3,6-7,12,16H,4-5,8-9H2,1-2H3. The van der Waals surface area contributed by atoms with Crippen molar-refractivity contribution < 1.29 is 14.6 Å². The zero-order valence-electron chi connectivity index (χ0n) is 10.8. The van der Waals surface area contributed by atoms with Crippen molar-refractivity contribution in [1.82, 2.24) is 4.90 Å². The van der Waals surface area contributed by atoms with E-state index in [-0.39, 0.29) is 19.1 Å². The van der Waals surface area contributed by atoms with Gasteiger partial charge < -0.3 is 14.7 Å². The molecule has 1 aromatic rings. The zero-order chi connectivity index (χ0) is 13.1. The summed E-state index contributed by atoms with van der Waals surface area (Å²) < 4.78 is 5.49. The van der Waals surface area contributed by atoms with E-state index in [1.165, 1.54) is 0 Å². The highest BCUT2D eigenvalue weighted by Gasteiger charge is 2.29. The molecule has 0 atom stereocenters. The number of aryl methyl sites for hydroxylation is 1. The van der Waals surface area contributed by atoms with Gasteiger partial charge in [0.25, 0.3) is 5.91 Å². The molecular weight excluding hydrogens is 230 g/mol. The van der Waals surface area contributed by atoms with Crippen LogP contribution in [0.3, 0.4) is 0 Å². The predicted octanol–water partition coefficient (Wildman–Crippen LogP) is 1.49. The number of rotatable bonds is 5. The number of nitrogens with zero attached hydrogens (tertiary/aromatic N) is 1. The molecule has 1 N–H and O–H groups in total. The second kappa shape index (κ2) is 5.40. The SMILES string of the molecule is Cc1ccc(OCC(=O)N(C)C2CC2)c(CO)c1. The summed E-state index contributed by atoms with van der Waals surface area (Å²) in [5.41, 5.74) is 1.78. The average Bonchev–Trinajstić information content (AvgIpc) is 3.20. The molecule has 0 bridgehead atoms. The van der Waals surface area contributed by atoms with E-state index < -0.39 is 0 Å². The fraction of sp³-hybridized carbons (Fsp3) is 0.500. The lowest BCUT2D eigenvalue weighted by Gasteiger charge is -2.17. The number of amides is 1. The third-order valence-corrected chi connectivity index (χ3v) is 3.23. The third-order valence-electron chi connectivity index (χ3n) is 3.23. The van der Waals surface area contributed by atoms with Gasteiger partial charge in [-0.3, -0.25) is 4.79 Å². The van der Waals surface area contributed by atoms with Crippen LogP contribution < -0.4 is 4.74 Å². The van der Waals surface area contributed by atoms with Crippen molar-refractivity contribution >= 4 is 5.91 Å². The number of carbonyl (C=O) groups is 1. The lowest BCUT2D eigenvalue weighted by atomic mass is 10.1. The van der Waals surface area contributed by atoms with Crippen molar-refractivity contribution in [2.75, 3.05) is 13.7 Å². The largest absolute Gasteiger partial charge is 0.483 e. The van der Waals surface area contributed by atoms with Crippen molar-refractivity contribution in [1.29, 1.82) is 0 Å². The second-order valence-corrected chi connectivity index (χ2v) is 4.79. The fourth-order valence-corrected chi connectivity index (χ4v) is 1.88. The van der Waals surface area contributed by atoms with Crippen LogP contribution >= 0.6 is 0 Å². The Hall–Kier alpha value is -1.55. The summed E-state index contributed by atoms with van der Waals surface area (Å²) >= 11 is 0. The fourth-order valence-electron chi connectivity index (χ4n) is 1.88. The molecular formula is C14H19NO3. The smallest absolute Gasteiger partial charge is 0.260 e. The molecule has 4 nitrogen and oxygen atoms in total. The van der Waals surface area contributed by atoms with Gasteiger partial charge in [0.1, 0.15) is 5.75 Å². The first-order valence-corrected chi connectivity index (χ1v) is 6.20. The van der Waals surface area contributed by atoms with E-state index in [4.69, 9.17) is 4.74 Å². The van der Waals surface area contributed by atoms with Gasteiger partial charge >= 0.3 is 0 Å². The molecule has 1 aromatic carbocycles. The number of hydrogen-bond acceptors (Lipinski definition) is 3. The molecule has 0 unspecified atom stereocenters. The minimum Gasteiger partial charge on any atom is -0.483 e. The van der Waals surface area contributed by atoms with E-state index in [1.54, 1.807) is 11.0 Å². The summed E-state index contributed by atoms with van der Waals surface area (Å²) in [5, 5.41) is 9.24. The van der Waals surface area contributed by atoms with Crippen LogP contribution in [0.2, 0.25) is 0 Å². The molecule has 0 heterocycles. The van der Waals surface area contributed by atoms with Crippen LogP contribution in [0.5, 0.6) is 5.75 Å². The second-order valence-electron chi connectivity index (χ2n) is 4.79. The maximum atomic E-state index is 11.8. The topological polar surface area (TPSA) is 49.8 Å². The number of carbonyl (C=O) groups excluding carboxylic acids is 1. The van der Waals surface area contributed by atoms with E-state index in [1.807, 2.05) is 26.1 Å². The Morgan fingerprint density at radius 3 is 2.83 bits per heavy atom. The molecule has 1 amide bonds. The summed E-state index contributed by atoms with van der Waals surface area (Å²) in [6.45, 7) is 1.90. The average molecular weight is 249 g/mol. The Balaban J connectivity index is 1.94. The predicted molar refractivity (Wildman–Crippen MR) is 68.4 cm³/mol. The van der Waals surface area contributed by atoms with Crippen LogP contribution in [0.25, 0.3) is 0 Å². The van der Waals surface area contributed by atoms with E-state index in [2.05, 4.69) is 0 Å². The first kappa shape index (κ1) is 12.9. The van der Waals surface area contributed by atoms with Gasteiger partial charge in [-0.15, -0.1) is 0 Å². The maximum absolute atomic E-state index is 11.8. The van der Waals surface area contributed by atoms with Gasteiger partial charge in [-0.25, -0.2) is 0 Å².